The second-order valence-electron chi connectivity index (χ2n) is 7.74. The van der Waals surface area contributed by atoms with Crippen LogP contribution in [0.2, 0.25) is 0 Å². The number of carbonyl (C=O) groups is 1. The first-order chi connectivity index (χ1) is 14.9. The molecule has 1 aliphatic rings. The van der Waals surface area contributed by atoms with E-state index in [1.807, 2.05) is 0 Å². The van der Waals surface area contributed by atoms with Crippen LogP contribution in [0.4, 0.5) is 17.6 Å². The lowest BCUT2D eigenvalue weighted by atomic mass is 10.1. The van der Waals surface area contributed by atoms with Crippen LogP contribution in [0.25, 0.3) is 0 Å². The molecule has 168 valence electrons. The number of esters is 1. The predicted molar refractivity (Wildman–Crippen MR) is 106 cm³/mol. The number of nitriles is 1. The largest absolute Gasteiger partial charge is 0.440 e. The van der Waals surface area contributed by atoms with Crippen molar-refractivity contribution >= 4 is 17.6 Å². The van der Waals surface area contributed by atoms with Crippen LogP contribution in [0.1, 0.15) is 25.6 Å². The first-order valence-electron chi connectivity index (χ1n) is 9.38. The number of halogens is 5. The Balaban J connectivity index is 1.73. The molecule has 2 aromatic rings. The number of pyridine rings is 1. The molecule has 1 aromatic carbocycles. The zero-order valence-electron chi connectivity index (χ0n) is 16.9. The summed E-state index contributed by atoms with van der Waals surface area (Å²) in [5.41, 5.74) is -0.772. The van der Waals surface area contributed by atoms with Crippen LogP contribution in [0, 0.1) is 34.4 Å². The summed E-state index contributed by atoms with van der Waals surface area (Å²) in [7, 11) is 0. The van der Waals surface area contributed by atoms with E-state index in [4.69, 9.17) is 21.1 Å². The van der Waals surface area contributed by atoms with Crippen LogP contribution in [-0.4, -0.2) is 17.1 Å². The van der Waals surface area contributed by atoms with Crippen molar-refractivity contribution in [3.8, 4) is 17.7 Å². The molecule has 10 heteroatoms. The SMILES string of the molecule is CC1(C)[C@H](C(=O)OC(C#N)c2cccc(Oc3cccc(F)c3)n2)[C@@H]1/C=C(\Cl)C(F)(F)F. The first kappa shape index (κ1) is 23.5. The van der Waals surface area contributed by atoms with Gasteiger partial charge in [-0.15, -0.1) is 0 Å². The van der Waals surface area contributed by atoms with Gasteiger partial charge in [-0.25, -0.2) is 9.37 Å². The van der Waals surface area contributed by atoms with Gasteiger partial charge in [-0.3, -0.25) is 4.79 Å². The van der Waals surface area contributed by atoms with Crippen LogP contribution in [0.15, 0.2) is 53.6 Å². The van der Waals surface area contributed by atoms with Gasteiger partial charge in [0.25, 0.3) is 0 Å². The number of aromatic nitrogens is 1. The van der Waals surface area contributed by atoms with E-state index in [0.29, 0.717) is 0 Å². The van der Waals surface area contributed by atoms with Crippen molar-refractivity contribution in [2.45, 2.75) is 26.1 Å². The molecule has 1 unspecified atom stereocenters. The minimum absolute atomic E-state index is 0.0360. The van der Waals surface area contributed by atoms with E-state index in [-0.39, 0.29) is 17.3 Å². The number of alkyl halides is 3. The molecule has 0 N–H and O–H groups in total. The number of allylic oxidation sites excluding steroid dienone is 2. The van der Waals surface area contributed by atoms with Gasteiger partial charge in [-0.2, -0.15) is 18.4 Å². The van der Waals surface area contributed by atoms with Gasteiger partial charge in [0.15, 0.2) is 0 Å². The van der Waals surface area contributed by atoms with Crippen molar-refractivity contribution in [3.63, 3.8) is 0 Å². The monoisotopic (exact) mass is 468 g/mol. The highest BCUT2D eigenvalue weighted by Crippen LogP contribution is 2.60. The number of hydrogen-bond donors (Lipinski definition) is 0. The number of hydrogen-bond acceptors (Lipinski definition) is 5. The molecule has 3 atom stereocenters. The third-order valence-electron chi connectivity index (χ3n) is 5.14. The van der Waals surface area contributed by atoms with Gasteiger partial charge in [0.1, 0.15) is 22.7 Å². The zero-order chi connectivity index (χ0) is 23.7. The number of carbonyl (C=O) groups excluding carboxylic acids is 1. The van der Waals surface area contributed by atoms with Gasteiger partial charge in [0.05, 0.1) is 11.6 Å². The Labute approximate surface area is 186 Å². The van der Waals surface area contributed by atoms with Crippen molar-refractivity contribution in [1.82, 2.24) is 4.98 Å². The summed E-state index contributed by atoms with van der Waals surface area (Å²) in [4.78, 5) is 16.7. The maximum atomic E-state index is 13.3. The van der Waals surface area contributed by atoms with Crippen molar-refractivity contribution in [3.05, 3.63) is 65.1 Å². The van der Waals surface area contributed by atoms with Gasteiger partial charge >= 0.3 is 12.1 Å². The molecule has 1 aromatic heterocycles. The topological polar surface area (TPSA) is 72.2 Å². The lowest BCUT2D eigenvalue weighted by molar-refractivity contribution is -0.149. The molecule has 32 heavy (non-hydrogen) atoms. The molecule has 5 nitrogen and oxygen atoms in total. The fraction of sp³-hybridized carbons (Fsp3) is 0.318. The molecule has 0 radical (unpaired) electrons. The smallest absolute Gasteiger partial charge is 0.426 e. The molecule has 0 spiro atoms. The Hall–Kier alpha value is -3.12. The molecule has 3 rings (SSSR count). The third kappa shape index (κ3) is 5.19. The van der Waals surface area contributed by atoms with Crippen LogP contribution in [-0.2, 0) is 9.53 Å². The third-order valence-corrected chi connectivity index (χ3v) is 5.49. The maximum absolute atomic E-state index is 13.3. The number of rotatable bonds is 6. The van der Waals surface area contributed by atoms with Gasteiger partial charge in [0, 0.05) is 12.1 Å². The molecule has 1 saturated carbocycles. The summed E-state index contributed by atoms with van der Waals surface area (Å²) in [6.07, 6.45) is -5.34. The number of ether oxygens (including phenoxy) is 2. The second-order valence-corrected chi connectivity index (χ2v) is 8.15. The Morgan fingerprint density at radius 3 is 2.59 bits per heavy atom. The van der Waals surface area contributed by atoms with E-state index < -0.39 is 46.3 Å². The van der Waals surface area contributed by atoms with E-state index in [1.54, 1.807) is 19.9 Å². The first-order valence-corrected chi connectivity index (χ1v) is 9.76. The van der Waals surface area contributed by atoms with Gasteiger partial charge in [0.2, 0.25) is 12.0 Å². The molecule has 0 saturated heterocycles. The number of benzene rings is 1. The molecule has 0 amide bonds. The van der Waals surface area contributed by atoms with Gasteiger partial charge in [-0.1, -0.05) is 43.7 Å². The highest BCUT2D eigenvalue weighted by Gasteiger charge is 2.62. The normalized spacial score (nSPS) is 20.8. The Morgan fingerprint density at radius 2 is 1.97 bits per heavy atom. The number of nitrogens with zero attached hydrogens (tertiary/aromatic N) is 2. The second kappa shape index (κ2) is 8.79. The highest BCUT2D eigenvalue weighted by molar-refractivity contribution is 6.30. The fourth-order valence-electron chi connectivity index (χ4n) is 3.32. The van der Waals surface area contributed by atoms with Crippen LogP contribution >= 0.6 is 11.6 Å². The van der Waals surface area contributed by atoms with Crippen molar-refractivity contribution in [2.75, 3.05) is 0 Å². The van der Waals surface area contributed by atoms with E-state index in [0.717, 1.165) is 12.1 Å². The van der Waals surface area contributed by atoms with E-state index >= 15 is 0 Å². The standard InChI is InChI=1S/C22H17ClF4N2O3/c1-21(2)14(10-17(23)22(25,26)27)19(21)20(30)32-16(11-28)15-7-4-8-18(29-15)31-13-6-3-5-12(24)9-13/h3-10,14,16,19H,1-2H3/b17-10-/t14-,16?,19-/m0/s1. The summed E-state index contributed by atoms with van der Waals surface area (Å²) in [5, 5.41) is 8.14. The maximum Gasteiger partial charge on any atom is 0.426 e. The molecule has 1 aliphatic carbocycles. The predicted octanol–water partition coefficient (Wildman–Crippen LogP) is 6.08. The Kier molecular flexibility index (Phi) is 6.46. The van der Waals surface area contributed by atoms with Crippen LogP contribution in [0.3, 0.4) is 0 Å². The lowest BCUT2D eigenvalue weighted by Gasteiger charge is -2.12. The van der Waals surface area contributed by atoms with Crippen molar-refractivity contribution in [1.29, 1.82) is 5.26 Å². The molecule has 0 aliphatic heterocycles. The summed E-state index contributed by atoms with van der Waals surface area (Å²) >= 11 is 5.30. The zero-order valence-corrected chi connectivity index (χ0v) is 17.6. The summed E-state index contributed by atoms with van der Waals surface area (Å²) in [6.45, 7) is 3.21. The summed E-state index contributed by atoms with van der Waals surface area (Å²) < 4.78 is 62.2. The minimum Gasteiger partial charge on any atom is -0.440 e. The van der Waals surface area contributed by atoms with Crippen LogP contribution in [0.5, 0.6) is 11.6 Å². The Bertz CT molecular complexity index is 1100. The average molecular weight is 469 g/mol. The van der Waals surface area contributed by atoms with Gasteiger partial charge < -0.3 is 9.47 Å². The average Bonchev–Trinajstić information content (AvgIpc) is 3.25. The molecular formula is C22H17ClF4N2O3. The quantitative estimate of drug-likeness (QED) is 0.379. The Morgan fingerprint density at radius 1 is 1.28 bits per heavy atom. The molecule has 1 fully saturated rings. The lowest BCUT2D eigenvalue weighted by Crippen LogP contribution is -2.15. The fourth-order valence-corrected chi connectivity index (χ4v) is 3.45. The van der Waals surface area contributed by atoms with E-state index in [9.17, 15) is 27.6 Å². The molecular weight excluding hydrogens is 452 g/mol. The van der Waals surface area contributed by atoms with Crippen LogP contribution < -0.4 is 4.74 Å². The van der Waals surface area contributed by atoms with E-state index in [2.05, 4.69) is 4.98 Å². The summed E-state index contributed by atoms with van der Waals surface area (Å²) in [6, 6.07) is 11.5. The van der Waals surface area contributed by atoms with Gasteiger partial charge in [-0.05, 0) is 29.5 Å². The van der Waals surface area contributed by atoms with Crippen molar-refractivity contribution in [2.24, 2.45) is 17.3 Å². The molecule has 0 bridgehead atoms. The highest BCUT2D eigenvalue weighted by atomic mass is 35.5. The van der Waals surface area contributed by atoms with Crippen molar-refractivity contribution < 1.29 is 31.8 Å². The minimum atomic E-state index is -4.71. The van der Waals surface area contributed by atoms with E-state index in [1.165, 1.54) is 36.4 Å². The molecule has 1 heterocycles. The summed E-state index contributed by atoms with van der Waals surface area (Å²) in [5.74, 6) is -2.83.